The van der Waals surface area contributed by atoms with Gasteiger partial charge in [-0.05, 0) is 0 Å². The lowest BCUT2D eigenvalue weighted by Gasteiger charge is -2.05. The van der Waals surface area contributed by atoms with Gasteiger partial charge in [0.05, 0.1) is 6.33 Å². The molecule has 0 amide bonds. The van der Waals surface area contributed by atoms with Crippen molar-refractivity contribution < 1.29 is 0 Å². The predicted octanol–water partition coefficient (Wildman–Crippen LogP) is -0.112. The minimum absolute atomic E-state index is 0.148. The molecule has 0 fully saturated rings. The third kappa shape index (κ3) is 1.08. The smallest absolute Gasteiger partial charge is 0.300 e. The Kier molecular flexibility index (Phi) is 1.81. The summed E-state index contributed by atoms with van der Waals surface area (Å²) in [6.07, 6.45) is 3.10. The second kappa shape index (κ2) is 2.99. The maximum atomic E-state index is 11.3. The molecule has 2 rings (SSSR count). The minimum Gasteiger partial charge on any atom is -0.369 e. The van der Waals surface area contributed by atoms with Gasteiger partial charge in [-0.15, -0.1) is 6.58 Å². The highest BCUT2D eigenvalue weighted by Crippen LogP contribution is 2.07. The number of aromatic nitrogens is 4. The topological polar surface area (TPSA) is 89.6 Å². The molecule has 72 valence electrons. The van der Waals surface area contributed by atoms with Crippen LogP contribution in [0.2, 0.25) is 0 Å². The number of allylic oxidation sites excluding steroid dienone is 1. The quantitative estimate of drug-likeness (QED) is 0.648. The van der Waals surface area contributed by atoms with E-state index in [2.05, 4.69) is 21.5 Å². The van der Waals surface area contributed by atoms with E-state index < -0.39 is 5.56 Å². The Morgan fingerprint density at radius 2 is 2.50 bits per heavy atom. The van der Waals surface area contributed by atoms with E-state index in [-0.39, 0.29) is 5.95 Å². The summed E-state index contributed by atoms with van der Waals surface area (Å²) in [6.45, 7) is 4.06. The molecule has 0 bridgehead atoms. The van der Waals surface area contributed by atoms with Gasteiger partial charge in [-0.1, -0.05) is 6.08 Å². The van der Waals surface area contributed by atoms with Crippen molar-refractivity contribution in [3.63, 3.8) is 0 Å². The van der Waals surface area contributed by atoms with Crippen molar-refractivity contribution in [2.24, 2.45) is 0 Å². The molecular weight excluding hydrogens is 182 g/mol. The summed E-state index contributed by atoms with van der Waals surface area (Å²) in [6, 6.07) is 0. The van der Waals surface area contributed by atoms with Crippen molar-refractivity contribution >= 4 is 17.1 Å². The van der Waals surface area contributed by atoms with E-state index >= 15 is 0 Å². The van der Waals surface area contributed by atoms with Gasteiger partial charge in [0.15, 0.2) is 11.2 Å². The third-order valence-corrected chi connectivity index (χ3v) is 1.89. The maximum Gasteiger partial charge on any atom is 0.300 e. The monoisotopic (exact) mass is 191 g/mol. The van der Waals surface area contributed by atoms with Crippen molar-refractivity contribution in [3.8, 4) is 0 Å². The summed E-state index contributed by atoms with van der Waals surface area (Å²) in [4.78, 5) is 21.7. The van der Waals surface area contributed by atoms with Crippen LogP contribution in [0.3, 0.4) is 0 Å². The molecule has 0 saturated carbocycles. The first-order valence-electron chi connectivity index (χ1n) is 4.04. The van der Waals surface area contributed by atoms with Crippen LogP contribution in [0, 0.1) is 0 Å². The Morgan fingerprint density at radius 3 is 3.21 bits per heavy atom. The van der Waals surface area contributed by atoms with Crippen molar-refractivity contribution in [2.45, 2.75) is 6.54 Å². The van der Waals surface area contributed by atoms with E-state index in [1.807, 2.05) is 0 Å². The second-order valence-corrected chi connectivity index (χ2v) is 2.78. The lowest BCUT2D eigenvalue weighted by molar-refractivity contribution is 0.828. The molecule has 3 N–H and O–H groups in total. The molecule has 0 aliphatic rings. The summed E-state index contributed by atoms with van der Waals surface area (Å²) in [5.74, 6) is 0.148. The fourth-order valence-electron chi connectivity index (χ4n) is 1.29. The maximum absolute atomic E-state index is 11.3. The van der Waals surface area contributed by atoms with E-state index in [1.54, 1.807) is 10.6 Å². The molecule has 0 aliphatic heterocycles. The van der Waals surface area contributed by atoms with Crippen molar-refractivity contribution in [3.05, 3.63) is 29.3 Å². The first-order valence-corrected chi connectivity index (χ1v) is 4.04. The third-order valence-electron chi connectivity index (χ3n) is 1.89. The summed E-state index contributed by atoms with van der Waals surface area (Å²) in [5, 5.41) is 0. The number of nitrogen functional groups attached to an aromatic ring is 1. The molecular formula is C8H9N5O. The summed E-state index contributed by atoms with van der Waals surface area (Å²) in [5.41, 5.74) is 6.05. The second-order valence-electron chi connectivity index (χ2n) is 2.78. The average molecular weight is 191 g/mol. The number of aromatic amines is 1. The van der Waals surface area contributed by atoms with Crippen LogP contribution in [0.5, 0.6) is 0 Å². The van der Waals surface area contributed by atoms with Crippen LogP contribution < -0.4 is 11.3 Å². The zero-order valence-corrected chi connectivity index (χ0v) is 7.40. The number of hydrogen-bond donors (Lipinski definition) is 2. The van der Waals surface area contributed by atoms with Gasteiger partial charge >= 0.3 is 5.56 Å². The number of rotatable bonds is 2. The Bertz CT molecular complexity index is 538. The number of H-pyrrole nitrogens is 1. The van der Waals surface area contributed by atoms with E-state index in [9.17, 15) is 4.79 Å². The van der Waals surface area contributed by atoms with Crippen LogP contribution in [0.25, 0.3) is 11.2 Å². The van der Waals surface area contributed by atoms with Crippen LogP contribution in [0.1, 0.15) is 0 Å². The molecule has 0 spiro atoms. The van der Waals surface area contributed by atoms with Gasteiger partial charge in [-0.25, -0.2) is 4.98 Å². The Balaban J connectivity index is 2.85. The highest BCUT2D eigenvalue weighted by Gasteiger charge is 2.08. The molecule has 2 aromatic heterocycles. The zero-order chi connectivity index (χ0) is 10.1. The number of nitrogens with two attached hydrogens (primary N) is 1. The predicted molar refractivity (Wildman–Crippen MR) is 52.8 cm³/mol. The highest BCUT2D eigenvalue weighted by atomic mass is 16.1. The van der Waals surface area contributed by atoms with E-state index in [0.29, 0.717) is 17.7 Å². The van der Waals surface area contributed by atoms with Gasteiger partial charge in [0.2, 0.25) is 5.95 Å². The Morgan fingerprint density at radius 1 is 1.71 bits per heavy atom. The summed E-state index contributed by atoms with van der Waals surface area (Å²) in [7, 11) is 0. The molecule has 6 nitrogen and oxygen atoms in total. The van der Waals surface area contributed by atoms with Gasteiger partial charge < -0.3 is 10.7 Å². The van der Waals surface area contributed by atoms with Crippen molar-refractivity contribution in [1.82, 2.24) is 19.5 Å². The molecule has 6 heteroatoms. The van der Waals surface area contributed by atoms with E-state index in [0.717, 1.165) is 0 Å². The summed E-state index contributed by atoms with van der Waals surface area (Å²) >= 11 is 0. The number of imidazole rings is 1. The molecule has 0 aliphatic carbocycles. The van der Waals surface area contributed by atoms with Crippen LogP contribution >= 0.6 is 0 Å². The zero-order valence-electron chi connectivity index (χ0n) is 7.40. The van der Waals surface area contributed by atoms with Gasteiger partial charge in [-0.2, -0.15) is 4.98 Å². The van der Waals surface area contributed by atoms with Crippen LogP contribution in [-0.4, -0.2) is 19.5 Å². The van der Waals surface area contributed by atoms with Gasteiger partial charge in [-0.3, -0.25) is 9.36 Å². The van der Waals surface area contributed by atoms with Gasteiger partial charge in [0, 0.05) is 6.54 Å². The molecule has 14 heavy (non-hydrogen) atoms. The lowest BCUT2D eigenvalue weighted by atomic mass is 10.5. The highest BCUT2D eigenvalue weighted by molar-refractivity contribution is 5.70. The lowest BCUT2D eigenvalue weighted by Crippen LogP contribution is -2.17. The Hall–Kier alpha value is -2.11. The standard InChI is InChI=1S/C8H9N5O/c1-2-3-13-6-5(10-4-11-6)7(14)12-8(13)9/h2,4H,1,3H2,(H,10,11)(H2,9,12,14). The molecule has 0 radical (unpaired) electrons. The normalized spacial score (nSPS) is 10.6. The number of fused-ring (bicyclic) bond motifs is 1. The van der Waals surface area contributed by atoms with Crippen molar-refractivity contribution in [1.29, 1.82) is 0 Å². The van der Waals surface area contributed by atoms with E-state index in [1.165, 1.54) is 6.33 Å². The molecule has 2 heterocycles. The van der Waals surface area contributed by atoms with Crippen LogP contribution in [0.4, 0.5) is 5.95 Å². The SMILES string of the molecule is C=CCn1c(N)nc(=O)c2[nH]cnc21. The van der Waals surface area contributed by atoms with Crippen LogP contribution in [0.15, 0.2) is 23.8 Å². The minimum atomic E-state index is -0.393. The van der Waals surface area contributed by atoms with Gasteiger partial charge in [0.25, 0.3) is 0 Å². The molecule has 0 saturated heterocycles. The Labute approximate surface area is 79.1 Å². The van der Waals surface area contributed by atoms with Crippen molar-refractivity contribution in [2.75, 3.05) is 5.73 Å². The first-order chi connectivity index (χ1) is 6.74. The molecule has 0 unspecified atom stereocenters. The number of hydrogen-bond acceptors (Lipinski definition) is 4. The fourth-order valence-corrected chi connectivity index (χ4v) is 1.29. The number of anilines is 1. The molecule has 0 atom stereocenters. The number of nitrogens with one attached hydrogen (secondary N) is 1. The first kappa shape index (κ1) is 8.49. The summed E-state index contributed by atoms with van der Waals surface area (Å²) < 4.78 is 1.61. The largest absolute Gasteiger partial charge is 0.369 e. The molecule has 2 aromatic rings. The van der Waals surface area contributed by atoms with Crippen LogP contribution in [-0.2, 0) is 6.54 Å². The molecule has 0 aromatic carbocycles. The van der Waals surface area contributed by atoms with E-state index in [4.69, 9.17) is 5.73 Å². The van der Waals surface area contributed by atoms with Gasteiger partial charge in [0.1, 0.15) is 0 Å². The fraction of sp³-hybridized carbons (Fsp3) is 0.125. The number of nitrogens with zero attached hydrogens (tertiary/aromatic N) is 3. The average Bonchev–Trinajstić information content (AvgIpc) is 2.60.